The molecule has 1 aromatic rings. The molecule has 0 radical (unpaired) electrons. The maximum atomic E-state index is 6.17. The Morgan fingerprint density at radius 1 is 0.913 bits per heavy atom. The van der Waals surface area contributed by atoms with E-state index in [1.165, 1.54) is 62.6 Å². The zero-order valence-corrected chi connectivity index (χ0v) is 14.1. The van der Waals surface area contributed by atoms with Crippen molar-refractivity contribution in [3.63, 3.8) is 0 Å². The van der Waals surface area contributed by atoms with E-state index in [-0.39, 0.29) is 5.41 Å². The Morgan fingerprint density at radius 3 is 2.35 bits per heavy atom. The molecule has 2 aliphatic carbocycles. The SMILES string of the molecule is Nc1nc(N2CCNCC2)c2c(n1)C1(CCCCC1)CCCC2. The largest absolute Gasteiger partial charge is 0.368 e. The third-order valence-electron chi connectivity index (χ3n) is 6.06. The maximum absolute atomic E-state index is 6.17. The molecule has 3 N–H and O–H groups in total. The van der Waals surface area contributed by atoms with Gasteiger partial charge in [-0.3, -0.25) is 0 Å². The summed E-state index contributed by atoms with van der Waals surface area (Å²) in [6, 6.07) is 0. The summed E-state index contributed by atoms with van der Waals surface area (Å²) >= 11 is 0. The molecule has 1 saturated heterocycles. The molecule has 0 atom stereocenters. The van der Waals surface area contributed by atoms with Gasteiger partial charge in [0.2, 0.25) is 5.95 Å². The molecule has 23 heavy (non-hydrogen) atoms. The van der Waals surface area contributed by atoms with Crippen molar-refractivity contribution in [2.24, 2.45) is 0 Å². The van der Waals surface area contributed by atoms with E-state index in [4.69, 9.17) is 15.7 Å². The number of fused-ring (bicyclic) bond motifs is 2. The first-order valence-electron chi connectivity index (χ1n) is 9.41. The predicted octanol–water partition coefficient (Wildman–Crippen LogP) is 2.40. The van der Waals surface area contributed by atoms with Gasteiger partial charge in [0, 0.05) is 37.2 Å². The van der Waals surface area contributed by atoms with E-state index >= 15 is 0 Å². The average Bonchev–Trinajstić information content (AvgIpc) is 2.76. The number of aromatic nitrogens is 2. The Bertz CT molecular complexity index is 559. The first kappa shape index (κ1) is 15.2. The van der Waals surface area contributed by atoms with Crippen molar-refractivity contribution in [1.82, 2.24) is 15.3 Å². The third kappa shape index (κ3) is 2.80. The van der Waals surface area contributed by atoms with E-state index in [0.717, 1.165) is 38.4 Å². The fraction of sp³-hybridized carbons (Fsp3) is 0.778. The number of hydrogen-bond donors (Lipinski definition) is 2. The van der Waals surface area contributed by atoms with E-state index in [1.807, 2.05) is 0 Å². The molecule has 126 valence electrons. The summed E-state index contributed by atoms with van der Waals surface area (Å²) < 4.78 is 0. The van der Waals surface area contributed by atoms with Crippen LogP contribution in [0.25, 0.3) is 0 Å². The Labute approximate surface area is 139 Å². The second-order valence-electron chi connectivity index (χ2n) is 7.52. The van der Waals surface area contributed by atoms with E-state index in [1.54, 1.807) is 0 Å². The maximum Gasteiger partial charge on any atom is 0.222 e. The number of hydrogen-bond acceptors (Lipinski definition) is 5. The lowest BCUT2D eigenvalue weighted by molar-refractivity contribution is 0.265. The van der Waals surface area contributed by atoms with Crippen LogP contribution in [0.1, 0.15) is 62.6 Å². The van der Waals surface area contributed by atoms with Gasteiger partial charge in [-0.25, -0.2) is 4.98 Å². The van der Waals surface area contributed by atoms with E-state index < -0.39 is 0 Å². The van der Waals surface area contributed by atoms with Gasteiger partial charge in [-0.1, -0.05) is 25.7 Å². The van der Waals surface area contributed by atoms with Crippen molar-refractivity contribution in [3.05, 3.63) is 11.3 Å². The standard InChI is InChI=1S/C18H29N5/c19-17-21-15-14(16(22-17)23-12-10-20-11-13-23)6-2-5-9-18(15)7-3-1-4-8-18/h20H,1-13H2,(H2,19,21,22). The molecule has 0 unspecified atom stereocenters. The van der Waals surface area contributed by atoms with Crippen molar-refractivity contribution in [1.29, 1.82) is 0 Å². The number of rotatable bonds is 1. The van der Waals surface area contributed by atoms with Gasteiger partial charge in [0.1, 0.15) is 5.82 Å². The molecule has 3 aliphatic rings. The minimum Gasteiger partial charge on any atom is -0.368 e. The molecule has 1 aliphatic heterocycles. The molecule has 5 heteroatoms. The number of nitrogens with one attached hydrogen (secondary N) is 1. The fourth-order valence-corrected chi connectivity index (χ4v) is 4.89. The summed E-state index contributed by atoms with van der Waals surface area (Å²) in [4.78, 5) is 12.0. The van der Waals surface area contributed by atoms with E-state index in [9.17, 15) is 0 Å². The summed E-state index contributed by atoms with van der Waals surface area (Å²) in [5.41, 5.74) is 9.18. The van der Waals surface area contributed by atoms with Gasteiger partial charge >= 0.3 is 0 Å². The summed E-state index contributed by atoms with van der Waals surface area (Å²) in [6.45, 7) is 4.11. The number of piperazine rings is 1. The molecule has 0 bridgehead atoms. The van der Waals surface area contributed by atoms with Crippen LogP contribution >= 0.6 is 0 Å². The number of nitrogens with two attached hydrogens (primary N) is 1. The third-order valence-corrected chi connectivity index (χ3v) is 6.06. The minimum absolute atomic E-state index is 0.282. The number of anilines is 2. The highest BCUT2D eigenvalue weighted by Gasteiger charge is 2.39. The van der Waals surface area contributed by atoms with Gasteiger partial charge in [-0.15, -0.1) is 0 Å². The lowest BCUT2D eigenvalue weighted by Gasteiger charge is -2.38. The molecule has 2 fully saturated rings. The van der Waals surface area contributed by atoms with Crippen LogP contribution in [0.2, 0.25) is 0 Å². The zero-order chi connectivity index (χ0) is 15.7. The second kappa shape index (κ2) is 6.27. The summed E-state index contributed by atoms with van der Waals surface area (Å²) in [5.74, 6) is 1.62. The quantitative estimate of drug-likeness (QED) is 0.833. The number of nitrogens with zero attached hydrogens (tertiary/aromatic N) is 3. The molecule has 5 nitrogen and oxygen atoms in total. The van der Waals surface area contributed by atoms with Crippen LogP contribution in [0, 0.1) is 0 Å². The van der Waals surface area contributed by atoms with Gasteiger partial charge in [-0.2, -0.15) is 4.98 Å². The topological polar surface area (TPSA) is 67.1 Å². The second-order valence-corrected chi connectivity index (χ2v) is 7.52. The summed E-state index contributed by atoms with van der Waals surface area (Å²) in [7, 11) is 0. The van der Waals surface area contributed by atoms with Crippen LogP contribution in [0.3, 0.4) is 0 Å². The lowest BCUT2D eigenvalue weighted by Crippen LogP contribution is -2.44. The lowest BCUT2D eigenvalue weighted by atomic mass is 9.68. The highest BCUT2D eigenvalue weighted by Crippen LogP contribution is 2.47. The normalized spacial score (nSPS) is 24.3. The Morgan fingerprint density at radius 2 is 1.61 bits per heavy atom. The van der Waals surface area contributed by atoms with E-state index in [2.05, 4.69) is 10.2 Å². The van der Waals surface area contributed by atoms with Crippen LogP contribution < -0.4 is 16.0 Å². The monoisotopic (exact) mass is 315 g/mol. The van der Waals surface area contributed by atoms with Gasteiger partial charge in [0.05, 0.1) is 5.69 Å². The Kier molecular flexibility index (Phi) is 4.14. The first-order valence-corrected chi connectivity index (χ1v) is 9.41. The van der Waals surface area contributed by atoms with Crippen LogP contribution in [0.4, 0.5) is 11.8 Å². The van der Waals surface area contributed by atoms with Crippen LogP contribution in [0.15, 0.2) is 0 Å². The number of nitrogen functional groups attached to an aromatic ring is 1. The van der Waals surface area contributed by atoms with Crippen molar-refractivity contribution in [2.75, 3.05) is 36.8 Å². The van der Waals surface area contributed by atoms with Crippen LogP contribution in [-0.2, 0) is 11.8 Å². The van der Waals surface area contributed by atoms with Gasteiger partial charge in [0.15, 0.2) is 0 Å². The van der Waals surface area contributed by atoms with Crippen molar-refractivity contribution >= 4 is 11.8 Å². The van der Waals surface area contributed by atoms with Gasteiger partial charge < -0.3 is 16.0 Å². The molecule has 0 aromatic carbocycles. The van der Waals surface area contributed by atoms with Crippen molar-refractivity contribution in [2.45, 2.75) is 63.2 Å². The predicted molar refractivity (Wildman–Crippen MR) is 93.8 cm³/mol. The molecule has 4 rings (SSSR count). The summed E-state index contributed by atoms with van der Waals surface area (Å²) in [5, 5.41) is 3.43. The average molecular weight is 315 g/mol. The van der Waals surface area contributed by atoms with Gasteiger partial charge in [0.25, 0.3) is 0 Å². The molecule has 2 heterocycles. The van der Waals surface area contributed by atoms with Crippen LogP contribution in [-0.4, -0.2) is 36.1 Å². The highest BCUT2D eigenvalue weighted by molar-refractivity contribution is 5.54. The molecule has 1 saturated carbocycles. The van der Waals surface area contributed by atoms with Gasteiger partial charge in [-0.05, 0) is 32.1 Å². The Hall–Kier alpha value is -1.36. The zero-order valence-electron chi connectivity index (χ0n) is 14.1. The van der Waals surface area contributed by atoms with Crippen LogP contribution in [0.5, 0.6) is 0 Å². The molecular weight excluding hydrogens is 286 g/mol. The smallest absolute Gasteiger partial charge is 0.222 e. The molecular formula is C18H29N5. The van der Waals surface area contributed by atoms with Crippen molar-refractivity contribution < 1.29 is 0 Å². The highest BCUT2D eigenvalue weighted by atomic mass is 15.2. The Balaban J connectivity index is 1.80. The summed E-state index contributed by atoms with van der Waals surface area (Å²) in [6.07, 6.45) is 11.6. The molecule has 0 amide bonds. The van der Waals surface area contributed by atoms with Crippen molar-refractivity contribution in [3.8, 4) is 0 Å². The fourth-order valence-electron chi connectivity index (χ4n) is 4.89. The molecule has 1 aromatic heterocycles. The first-order chi connectivity index (χ1) is 11.3. The molecule has 1 spiro atoms. The van der Waals surface area contributed by atoms with E-state index in [0.29, 0.717) is 5.95 Å². The minimum atomic E-state index is 0.282.